The van der Waals surface area contributed by atoms with Gasteiger partial charge in [-0.1, -0.05) is 6.07 Å². The number of pyridine rings is 1. The van der Waals surface area contributed by atoms with Crippen LogP contribution in [0.2, 0.25) is 0 Å². The van der Waals surface area contributed by atoms with Gasteiger partial charge < -0.3 is 14.6 Å². The second-order valence-electron chi connectivity index (χ2n) is 4.85. The van der Waals surface area contributed by atoms with Gasteiger partial charge in [-0.3, -0.25) is 0 Å². The van der Waals surface area contributed by atoms with Crippen molar-refractivity contribution in [1.29, 1.82) is 0 Å². The van der Waals surface area contributed by atoms with Crippen molar-refractivity contribution in [2.24, 2.45) is 0 Å². The van der Waals surface area contributed by atoms with Crippen LogP contribution in [0.15, 0.2) is 41.0 Å². The van der Waals surface area contributed by atoms with E-state index < -0.39 is 0 Å². The largest absolute Gasteiger partial charge is 0.467 e. The summed E-state index contributed by atoms with van der Waals surface area (Å²) in [5, 5.41) is 3.26. The van der Waals surface area contributed by atoms with Gasteiger partial charge in [-0.2, -0.15) is 0 Å². The monoisotopic (exact) mass is 257 g/mol. The molecule has 1 aliphatic rings. The van der Waals surface area contributed by atoms with Crippen LogP contribution in [-0.2, 0) is 6.54 Å². The van der Waals surface area contributed by atoms with Crippen molar-refractivity contribution in [2.45, 2.75) is 32.4 Å². The fourth-order valence-corrected chi connectivity index (χ4v) is 2.22. The first-order valence-electron chi connectivity index (χ1n) is 6.87. The topological polar surface area (TPSA) is 41.3 Å². The molecule has 1 saturated carbocycles. The third-order valence-corrected chi connectivity index (χ3v) is 3.28. The smallest absolute Gasteiger partial charge is 0.131 e. The van der Waals surface area contributed by atoms with Gasteiger partial charge in [0, 0.05) is 12.6 Å². The van der Waals surface area contributed by atoms with E-state index in [0.29, 0.717) is 6.04 Å². The molecule has 0 amide bonds. The van der Waals surface area contributed by atoms with Crippen molar-refractivity contribution in [2.75, 3.05) is 16.8 Å². The summed E-state index contributed by atoms with van der Waals surface area (Å²) in [6.45, 7) is 3.76. The number of aromatic nitrogens is 1. The van der Waals surface area contributed by atoms with Crippen LogP contribution in [0.25, 0.3) is 0 Å². The van der Waals surface area contributed by atoms with E-state index in [1.807, 2.05) is 18.2 Å². The van der Waals surface area contributed by atoms with Gasteiger partial charge in [0.15, 0.2) is 0 Å². The van der Waals surface area contributed by atoms with Gasteiger partial charge in [0.25, 0.3) is 0 Å². The Morgan fingerprint density at radius 3 is 2.89 bits per heavy atom. The van der Waals surface area contributed by atoms with Gasteiger partial charge in [0.1, 0.15) is 17.4 Å². The Balaban J connectivity index is 1.81. The van der Waals surface area contributed by atoms with Gasteiger partial charge in [-0.15, -0.1) is 0 Å². The number of hydrogen-bond acceptors (Lipinski definition) is 4. The number of furan rings is 1. The van der Waals surface area contributed by atoms with Crippen LogP contribution in [0.1, 0.15) is 25.5 Å². The molecular formula is C15H19N3O. The highest BCUT2D eigenvalue weighted by molar-refractivity contribution is 5.48. The van der Waals surface area contributed by atoms with Crippen molar-refractivity contribution in [3.8, 4) is 0 Å². The summed E-state index contributed by atoms with van der Waals surface area (Å²) in [6, 6.07) is 10.7. The van der Waals surface area contributed by atoms with E-state index >= 15 is 0 Å². The average molecular weight is 257 g/mol. The highest BCUT2D eigenvalue weighted by Crippen LogP contribution is 2.32. The molecule has 0 saturated heterocycles. The van der Waals surface area contributed by atoms with Crippen molar-refractivity contribution in [1.82, 2.24) is 4.98 Å². The second kappa shape index (κ2) is 5.34. The summed E-state index contributed by atoms with van der Waals surface area (Å²) in [4.78, 5) is 7.01. The van der Waals surface area contributed by atoms with Gasteiger partial charge in [0.2, 0.25) is 0 Å². The van der Waals surface area contributed by atoms with Crippen LogP contribution in [-0.4, -0.2) is 17.6 Å². The molecule has 0 spiro atoms. The van der Waals surface area contributed by atoms with E-state index in [1.165, 1.54) is 12.8 Å². The maximum absolute atomic E-state index is 5.46. The van der Waals surface area contributed by atoms with E-state index in [4.69, 9.17) is 4.42 Å². The number of rotatable bonds is 6. The summed E-state index contributed by atoms with van der Waals surface area (Å²) in [6.07, 6.45) is 4.21. The van der Waals surface area contributed by atoms with Crippen molar-refractivity contribution in [3.63, 3.8) is 0 Å². The van der Waals surface area contributed by atoms with Crippen LogP contribution in [0.4, 0.5) is 11.6 Å². The molecule has 2 aromatic heterocycles. The van der Waals surface area contributed by atoms with Crippen LogP contribution in [0.5, 0.6) is 0 Å². The normalized spacial score (nSPS) is 14.4. The molecule has 3 rings (SSSR count). The van der Waals surface area contributed by atoms with Crippen molar-refractivity contribution in [3.05, 3.63) is 42.4 Å². The zero-order valence-corrected chi connectivity index (χ0v) is 11.2. The van der Waals surface area contributed by atoms with Crippen molar-refractivity contribution < 1.29 is 4.42 Å². The summed E-state index contributed by atoms with van der Waals surface area (Å²) in [5.74, 6) is 2.95. The van der Waals surface area contributed by atoms with E-state index in [0.717, 1.165) is 30.5 Å². The molecule has 0 atom stereocenters. The molecule has 0 aliphatic heterocycles. The first-order chi connectivity index (χ1) is 9.36. The lowest BCUT2D eigenvalue weighted by Gasteiger charge is -2.22. The first-order valence-corrected chi connectivity index (χ1v) is 6.87. The standard InChI is InChI=1S/C15H19N3O/c1-2-16-14-6-3-7-15(17-14)18(12-8-9-12)11-13-5-4-10-19-13/h3-7,10,12H,2,8-9,11H2,1H3,(H,16,17). The number of anilines is 2. The second-order valence-corrected chi connectivity index (χ2v) is 4.85. The molecule has 100 valence electrons. The van der Waals surface area contributed by atoms with Gasteiger partial charge >= 0.3 is 0 Å². The lowest BCUT2D eigenvalue weighted by molar-refractivity contribution is 0.500. The molecule has 0 unspecified atom stereocenters. The predicted octanol–water partition coefficient (Wildman–Crippen LogP) is 3.28. The molecule has 0 radical (unpaired) electrons. The third-order valence-electron chi connectivity index (χ3n) is 3.28. The summed E-state index contributed by atoms with van der Waals surface area (Å²) in [7, 11) is 0. The Kier molecular flexibility index (Phi) is 3.40. The van der Waals surface area contributed by atoms with E-state index in [9.17, 15) is 0 Å². The lowest BCUT2D eigenvalue weighted by Crippen LogP contribution is -2.25. The van der Waals surface area contributed by atoms with E-state index in [1.54, 1.807) is 6.26 Å². The quantitative estimate of drug-likeness (QED) is 0.862. The van der Waals surface area contributed by atoms with Gasteiger partial charge in [0.05, 0.1) is 12.8 Å². The zero-order chi connectivity index (χ0) is 13.1. The summed E-state index contributed by atoms with van der Waals surface area (Å²) >= 11 is 0. The fraction of sp³-hybridized carbons (Fsp3) is 0.400. The van der Waals surface area contributed by atoms with Crippen LogP contribution in [0.3, 0.4) is 0 Å². The molecule has 1 N–H and O–H groups in total. The Morgan fingerprint density at radius 1 is 1.32 bits per heavy atom. The van der Waals surface area contributed by atoms with Crippen LogP contribution >= 0.6 is 0 Å². The Hall–Kier alpha value is -1.97. The number of nitrogens with zero attached hydrogens (tertiary/aromatic N) is 2. The van der Waals surface area contributed by atoms with E-state index in [2.05, 4.69) is 34.3 Å². The Morgan fingerprint density at radius 2 is 2.21 bits per heavy atom. The number of nitrogens with one attached hydrogen (secondary N) is 1. The zero-order valence-electron chi connectivity index (χ0n) is 11.2. The Bertz CT molecular complexity index is 520. The maximum Gasteiger partial charge on any atom is 0.131 e. The molecule has 2 heterocycles. The fourth-order valence-electron chi connectivity index (χ4n) is 2.22. The highest BCUT2D eigenvalue weighted by atomic mass is 16.3. The first kappa shape index (κ1) is 12.1. The van der Waals surface area contributed by atoms with Crippen LogP contribution < -0.4 is 10.2 Å². The summed E-state index contributed by atoms with van der Waals surface area (Å²) < 4.78 is 5.46. The van der Waals surface area contributed by atoms with Crippen LogP contribution in [0, 0.1) is 0 Å². The van der Waals surface area contributed by atoms with Gasteiger partial charge in [-0.25, -0.2) is 4.98 Å². The minimum atomic E-state index is 0.606. The lowest BCUT2D eigenvalue weighted by atomic mass is 10.3. The number of hydrogen-bond donors (Lipinski definition) is 1. The van der Waals surface area contributed by atoms with Crippen molar-refractivity contribution >= 4 is 11.6 Å². The molecule has 4 nitrogen and oxygen atoms in total. The maximum atomic E-state index is 5.46. The SMILES string of the molecule is CCNc1cccc(N(Cc2ccco2)C2CC2)n1. The molecular weight excluding hydrogens is 238 g/mol. The molecule has 1 fully saturated rings. The van der Waals surface area contributed by atoms with Gasteiger partial charge in [-0.05, 0) is 44.0 Å². The molecule has 19 heavy (non-hydrogen) atoms. The minimum Gasteiger partial charge on any atom is -0.467 e. The predicted molar refractivity (Wildman–Crippen MR) is 76.3 cm³/mol. The molecule has 1 aliphatic carbocycles. The molecule has 4 heteroatoms. The molecule has 0 bridgehead atoms. The molecule has 0 aromatic carbocycles. The van der Waals surface area contributed by atoms with E-state index in [-0.39, 0.29) is 0 Å². The third kappa shape index (κ3) is 2.89. The minimum absolute atomic E-state index is 0.606. The average Bonchev–Trinajstić information content (AvgIpc) is 3.14. The summed E-state index contributed by atoms with van der Waals surface area (Å²) in [5.41, 5.74) is 0. The Labute approximate surface area is 113 Å². The highest BCUT2D eigenvalue weighted by Gasteiger charge is 2.30. The molecule has 2 aromatic rings.